The largest absolute Gasteiger partial charge is 0.393 e. The van der Waals surface area contributed by atoms with Crippen molar-refractivity contribution in [3.05, 3.63) is 63.2 Å². The number of alkyl halides is 3. The van der Waals surface area contributed by atoms with Crippen LogP contribution < -0.4 is 5.32 Å². The zero-order valence-corrected chi connectivity index (χ0v) is 30.9. The van der Waals surface area contributed by atoms with Crippen molar-refractivity contribution in [3.8, 4) is 0 Å². The average Bonchev–Trinajstić information content (AvgIpc) is 3.61. The van der Waals surface area contributed by atoms with Crippen LogP contribution >= 0.6 is 11.3 Å². The molecule has 0 amide bonds. The van der Waals surface area contributed by atoms with Gasteiger partial charge in [-0.25, -0.2) is 25.0 Å². The molecule has 2 saturated heterocycles. The van der Waals surface area contributed by atoms with Gasteiger partial charge in [-0.15, -0.1) is 15.6 Å². The second kappa shape index (κ2) is 14.4. The number of nitrogens with one attached hydrogen (secondary N) is 1. The number of aryl methyl sites for hydroxylation is 3. The molecule has 15 heteroatoms. The molecule has 2 aliphatic heterocycles. The van der Waals surface area contributed by atoms with Gasteiger partial charge in [0.15, 0.2) is 0 Å². The molecule has 0 bridgehead atoms. The molecule has 0 radical (unpaired) electrons. The molecule has 2 atom stereocenters. The molecule has 270 valence electrons. The van der Waals surface area contributed by atoms with Gasteiger partial charge in [-0.1, -0.05) is 13.0 Å². The van der Waals surface area contributed by atoms with E-state index in [1.807, 2.05) is 6.92 Å². The number of piperazine rings is 1. The van der Waals surface area contributed by atoms with Gasteiger partial charge in [-0.2, -0.15) is 13.2 Å². The molecule has 10 nitrogen and oxygen atoms in total. The molecular formula is C35H45F3N8O2S2. The number of hydrogen-bond donors (Lipinski definition) is 1. The highest BCUT2D eigenvalue weighted by Gasteiger charge is 2.38. The molecule has 2 fully saturated rings. The van der Waals surface area contributed by atoms with Crippen LogP contribution in [0, 0.1) is 20.4 Å². The van der Waals surface area contributed by atoms with Crippen molar-refractivity contribution in [3.63, 3.8) is 0 Å². The summed E-state index contributed by atoms with van der Waals surface area (Å²) >= 11 is 1.09. The topological polar surface area (TPSA) is 91.0 Å². The molecule has 3 aromatic heterocycles. The Morgan fingerprint density at radius 2 is 1.84 bits per heavy atom. The Kier molecular flexibility index (Phi) is 10.5. The van der Waals surface area contributed by atoms with Crippen LogP contribution in [-0.4, -0.2) is 100 Å². The van der Waals surface area contributed by atoms with Gasteiger partial charge in [0.2, 0.25) is 10.0 Å². The molecule has 1 N–H and O–H groups in total. The number of thiophene rings is 1. The van der Waals surface area contributed by atoms with E-state index in [0.717, 1.165) is 56.1 Å². The van der Waals surface area contributed by atoms with E-state index in [2.05, 4.69) is 73.5 Å². The van der Waals surface area contributed by atoms with Crippen LogP contribution in [0.25, 0.3) is 26.0 Å². The van der Waals surface area contributed by atoms with Gasteiger partial charge in [0.05, 0.1) is 24.6 Å². The Hall–Kier alpha value is -3.29. The summed E-state index contributed by atoms with van der Waals surface area (Å²) in [4.78, 5) is 18.3. The highest BCUT2D eigenvalue weighted by Crippen LogP contribution is 2.34. The summed E-state index contributed by atoms with van der Waals surface area (Å²) in [5, 5.41) is 5.45. The molecule has 6 rings (SSSR count). The predicted octanol–water partition coefficient (Wildman–Crippen LogP) is 6.22. The van der Waals surface area contributed by atoms with Gasteiger partial charge in [-0.3, -0.25) is 14.6 Å². The van der Waals surface area contributed by atoms with Crippen LogP contribution in [0.4, 0.5) is 19.0 Å². The Balaban J connectivity index is 1.09. The van der Waals surface area contributed by atoms with E-state index in [4.69, 9.17) is 6.57 Å². The van der Waals surface area contributed by atoms with Crippen LogP contribution in [0.1, 0.15) is 54.2 Å². The highest BCUT2D eigenvalue weighted by molar-refractivity contribution is 7.88. The van der Waals surface area contributed by atoms with Crippen molar-refractivity contribution in [2.75, 3.05) is 44.3 Å². The van der Waals surface area contributed by atoms with Crippen molar-refractivity contribution in [1.29, 1.82) is 0 Å². The lowest BCUT2D eigenvalue weighted by atomic mass is 10.0. The number of likely N-dealkylation sites (tertiary alicyclic amines) is 1. The summed E-state index contributed by atoms with van der Waals surface area (Å²) in [7, 11) is -3.42. The SMILES string of the molecule is [C-]#[N+][C@@H]1CN([C@@H](C)Cn2c(C)cc3c(C)c(CN4CCC(Nc5nc(CC)nc6sc(CC(F)(F)F)cc56)CC4)ccc32)CCN1S(C)(=O)=O. The lowest BCUT2D eigenvalue weighted by molar-refractivity contribution is -0.126. The van der Waals surface area contributed by atoms with Gasteiger partial charge in [0.25, 0.3) is 0 Å². The molecule has 5 heterocycles. The Morgan fingerprint density at radius 3 is 2.50 bits per heavy atom. The maximum atomic E-state index is 13.1. The van der Waals surface area contributed by atoms with Gasteiger partial charge >= 0.3 is 12.3 Å². The van der Waals surface area contributed by atoms with Crippen molar-refractivity contribution >= 4 is 48.3 Å². The van der Waals surface area contributed by atoms with Gasteiger partial charge in [-0.05, 0) is 62.9 Å². The maximum Gasteiger partial charge on any atom is 0.393 e. The summed E-state index contributed by atoms with van der Waals surface area (Å²) in [5.74, 6) is 1.26. The summed E-state index contributed by atoms with van der Waals surface area (Å²) in [6, 6.07) is 8.56. The number of benzene rings is 1. The van der Waals surface area contributed by atoms with E-state index in [1.54, 1.807) is 6.07 Å². The van der Waals surface area contributed by atoms with Crippen LogP contribution in [0.3, 0.4) is 0 Å². The lowest BCUT2D eigenvalue weighted by Gasteiger charge is -2.37. The Labute approximate surface area is 296 Å². The second-order valence-electron chi connectivity index (χ2n) is 13.8. The number of nitrogens with zero attached hydrogens (tertiary/aromatic N) is 7. The minimum Gasteiger partial charge on any atom is -0.367 e. The monoisotopic (exact) mass is 730 g/mol. The second-order valence-corrected chi connectivity index (χ2v) is 16.8. The van der Waals surface area contributed by atoms with Crippen LogP contribution in [0.5, 0.6) is 0 Å². The molecule has 0 saturated carbocycles. The van der Waals surface area contributed by atoms with Gasteiger partial charge in [0.1, 0.15) is 16.5 Å². The summed E-state index contributed by atoms with van der Waals surface area (Å²) < 4.78 is 67.3. The van der Waals surface area contributed by atoms with Gasteiger partial charge in [0, 0.05) is 79.2 Å². The molecule has 0 spiro atoms. The fraction of sp³-hybridized carbons (Fsp3) is 0.571. The van der Waals surface area contributed by atoms with E-state index < -0.39 is 28.8 Å². The molecule has 0 unspecified atom stereocenters. The Bertz CT molecular complexity index is 2010. The van der Waals surface area contributed by atoms with E-state index in [-0.39, 0.29) is 17.0 Å². The third-order valence-corrected chi connectivity index (χ3v) is 12.5. The minimum absolute atomic E-state index is 0.124. The fourth-order valence-electron chi connectivity index (χ4n) is 7.35. The van der Waals surface area contributed by atoms with Crippen molar-refractivity contribution in [2.24, 2.45) is 0 Å². The number of hydrogen-bond acceptors (Lipinski definition) is 8. The van der Waals surface area contributed by atoms with Crippen LogP contribution in [-0.2, 0) is 36.0 Å². The average molecular weight is 731 g/mol. The quantitative estimate of drug-likeness (QED) is 0.194. The molecule has 1 aromatic carbocycles. The van der Waals surface area contributed by atoms with Crippen molar-refractivity contribution in [2.45, 2.75) is 90.9 Å². The number of anilines is 1. The fourth-order valence-corrected chi connectivity index (χ4v) is 9.39. The number of fused-ring (bicyclic) bond motifs is 2. The lowest BCUT2D eigenvalue weighted by Crippen LogP contribution is -2.56. The number of piperidine rings is 1. The first-order chi connectivity index (χ1) is 23.6. The smallest absolute Gasteiger partial charge is 0.367 e. The molecule has 0 aliphatic carbocycles. The first-order valence-electron chi connectivity index (χ1n) is 17.1. The van der Waals surface area contributed by atoms with E-state index in [9.17, 15) is 21.6 Å². The summed E-state index contributed by atoms with van der Waals surface area (Å²) in [6.45, 7) is 20.6. The number of aromatic nitrogens is 3. The van der Waals surface area contributed by atoms with Gasteiger partial charge < -0.3 is 9.88 Å². The minimum atomic E-state index is -4.27. The molecular weight excluding hydrogens is 686 g/mol. The highest BCUT2D eigenvalue weighted by atomic mass is 32.2. The molecule has 4 aromatic rings. The van der Waals surface area contributed by atoms with Crippen LogP contribution in [0.15, 0.2) is 24.3 Å². The standard InChI is InChI=1S/C35H45F3N8O2S2/c1-7-31-41-33(29-17-27(18-35(36,37)38)49-34(29)42-31)40-26-10-12-43(13-11-26)20-25-8-9-30-28(24(25)4)16-22(2)45(30)19-23(3)44-14-15-46(50(6,47)48)32(21-44)39-5/h8-9,16-17,23,26,32H,7,10-15,18-21H2,1-4,6H3,(H,40,41,42)/t23-,32-/m0/s1. The third kappa shape index (κ3) is 7.94. The van der Waals surface area contributed by atoms with Crippen molar-refractivity contribution in [1.82, 2.24) is 28.6 Å². The normalized spacial score (nSPS) is 19.7. The maximum absolute atomic E-state index is 13.1. The zero-order chi connectivity index (χ0) is 36.0. The summed E-state index contributed by atoms with van der Waals surface area (Å²) in [5.41, 5.74) is 4.88. The first-order valence-corrected chi connectivity index (χ1v) is 19.8. The van der Waals surface area contributed by atoms with E-state index in [1.165, 1.54) is 32.6 Å². The Morgan fingerprint density at radius 1 is 1.10 bits per heavy atom. The number of sulfonamides is 1. The number of halogens is 3. The summed E-state index contributed by atoms with van der Waals surface area (Å²) in [6.07, 6.45) is -2.36. The zero-order valence-electron chi connectivity index (χ0n) is 29.2. The van der Waals surface area contributed by atoms with E-state index >= 15 is 0 Å². The number of rotatable bonds is 10. The van der Waals surface area contributed by atoms with Crippen molar-refractivity contribution < 1.29 is 21.6 Å². The molecule has 2 aliphatic rings. The van der Waals surface area contributed by atoms with Crippen LogP contribution in [0.2, 0.25) is 0 Å². The predicted molar refractivity (Wildman–Crippen MR) is 193 cm³/mol. The first kappa shape index (κ1) is 36.5. The molecule has 50 heavy (non-hydrogen) atoms. The third-order valence-electron chi connectivity index (χ3n) is 10.2. The van der Waals surface area contributed by atoms with E-state index in [0.29, 0.717) is 47.9 Å².